The quantitative estimate of drug-likeness (QED) is 0.565. The van der Waals surface area contributed by atoms with Crippen molar-refractivity contribution in [3.63, 3.8) is 0 Å². The lowest BCUT2D eigenvalue weighted by atomic mass is 10.0. The van der Waals surface area contributed by atoms with Crippen LogP contribution in [-0.4, -0.2) is 29.3 Å². The molecule has 1 unspecified atom stereocenters. The summed E-state index contributed by atoms with van der Waals surface area (Å²) >= 11 is 5.93. The molecule has 1 aliphatic heterocycles. The lowest BCUT2D eigenvalue weighted by Gasteiger charge is -2.21. The Morgan fingerprint density at radius 3 is 2.50 bits per heavy atom. The number of aromatic hydroxyl groups is 1. The van der Waals surface area contributed by atoms with Crippen LogP contribution in [0.5, 0.6) is 11.6 Å². The van der Waals surface area contributed by atoms with Crippen LogP contribution in [0, 0.1) is 0 Å². The van der Waals surface area contributed by atoms with E-state index in [0.717, 1.165) is 17.2 Å². The van der Waals surface area contributed by atoms with Gasteiger partial charge in [0.05, 0.1) is 17.8 Å². The van der Waals surface area contributed by atoms with Gasteiger partial charge in [-0.05, 0) is 29.3 Å². The third kappa shape index (κ3) is 4.31. The molecule has 4 nitrogen and oxygen atoms in total. The number of hydrogen-bond donors (Lipinski definition) is 1. The van der Waals surface area contributed by atoms with E-state index in [0.29, 0.717) is 31.4 Å². The zero-order chi connectivity index (χ0) is 21.3. The van der Waals surface area contributed by atoms with E-state index in [1.54, 1.807) is 6.07 Å². The molecule has 1 fully saturated rings. The van der Waals surface area contributed by atoms with Crippen LogP contribution in [0.15, 0.2) is 60.8 Å². The van der Waals surface area contributed by atoms with Gasteiger partial charge >= 0.3 is 6.18 Å². The first-order valence-electron chi connectivity index (χ1n) is 9.34. The van der Waals surface area contributed by atoms with Gasteiger partial charge in [-0.3, -0.25) is 0 Å². The molecule has 8 heteroatoms. The van der Waals surface area contributed by atoms with Crippen molar-refractivity contribution < 1.29 is 23.0 Å². The monoisotopic (exact) mass is 434 g/mol. The fraction of sp³-hybridized carbons (Fsp3) is 0.227. The molecular weight excluding hydrogens is 417 g/mol. The van der Waals surface area contributed by atoms with Gasteiger partial charge in [0.25, 0.3) is 0 Å². The number of benzene rings is 2. The third-order valence-corrected chi connectivity index (χ3v) is 5.25. The van der Waals surface area contributed by atoms with Gasteiger partial charge in [0.1, 0.15) is 16.9 Å². The molecule has 0 bridgehead atoms. The van der Waals surface area contributed by atoms with E-state index < -0.39 is 11.7 Å². The SMILES string of the molecule is Oc1cc(-c2ccccc2)ccc1N1CCC(Oc2ncc(C(F)(F)F)cc2Cl)C1. The fourth-order valence-corrected chi connectivity index (χ4v) is 3.68. The zero-order valence-corrected chi connectivity index (χ0v) is 16.5. The summed E-state index contributed by atoms with van der Waals surface area (Å²) in [5.41, 5.74) is 1.66. The second kappa shape index (κ2) is 8.07. The molecule has 30 heavy (non-hydrogen) atoms. The number of hydrogen-bond acceptors (Lipinski definition) is 4. The maximum atomic E-state index is 12.7. The fourth-order valence-electron chi connectivity index (χ4n) is 3.47. The van der Waals surface area contributed by atoms with Gasteiger partial charge in [-0.25, -0.2) is 4.98 Å². The summed E-state index contributed by atoms with van der Waals surface area (Å²) in [5.74, 6) is 0.128. The van der Waals surface area contributed by atoms with E-state index in [9.17, 15) is 18.3 Å². The summed E-state index contributed by atoms with van der Waals surface area (Å²) in [5, 5.41) is 10.3. The first-order chi connectivity index (χ1) is 14.3. The number of pyridine rings is 1. The maximum Gasteiger partial charge on any atom is 0.417 e. The van der Waals surface area contributed by atoms with Crippen LogP contribution in [-0.2, 0) is 6.18 Å². The van der Waals surface area contributed by atoms with Crippen molar-refractivity contribution in [3.8, 4) is 22.8 Å². The minimum absolute atomic E-state index is 0.0276. The van der Waals surface area contributed by atoms with Crippen LogP contribution in [0.3, 0.4) is 0 Å². The molecule has 0 radical (unpaired) electrons. The van der Waals surface area contributed by atoms with Crippen LogP contribution >= 0.6 is 11.6 Å². The molecule has 1 aromatic heterocycles. The van der Waals surface area contributed by atoms with E-state index in [1.165, 1.54) is 0 Å². The van der Waals surface area contributed by atoms with Crippen LogP contribution < -0.4 is 9.64 Å². The first-order valence-corrected chi connectivity index (χ1v) is 9.72. The largest absolute Gasteiger partial charge is 0.506 e. The molecule has 0 aliphatic carbocycles. The predicted molar refractivity (Wildman–Crippen MR) is 109 cm³/mol. The summed E-state index contributed by atoms with van der Waals surface area (Å²) in [6.07, 6.45) is -3.48. The number of phenolic OH excluding ortho intramolecular Hbond substituents is 1. The third-order valence-electron chi connectivity index (χ3n) is 4.98. The highest BCUT2D eigenvalue weighted by Gasteiger charge is 2.32. The first kappa shape index (κ1) is 20.3. The summed E-state index contributed by atoms with van der Waals surface area (Å²) in [6.45, 7) is 1.08. The standard InChI is InChI=1S/C22H18ClF3N2O2/c23-18-11-16(22(24,25)26)12-27-21(18)30-17-8-9-28(13-17)19-7-6-15(10-20(19)29)14-4-2-1-3-5-14/h1-7,10-12,17,29H,8-9,13H2. The number of rotatable bonds is 4. The van der Waals surface area contributed by atoms with Crippen molar-refractivity contribution in [1.29, 1.82) is 0 Å². The second-order valence-corrected chi connectivity index (χ2v) is 7.46. The van der Waals surface area contributed by atoms with Gasteiger partial charge in [0.15, 0.2) is 0 Å². The molecule has 1 N–H and O–H groups in total. The van der Waals surface area contributed by atoms with Crippen molar-refractivity contribution >= 4 is 17.3 Å². The smallest absolute Gasteiger partial charge is 0.417 e. The lowest BCUT2D eigenvalue weighted by molar-refractivity contribution is -0.137. The van der Waals surface area contributed by atoms with Crippen LogP contribution in [0.1, 0.15) is 12.0 Å². The second-order valence-electron chi connectivity index (χ2n) is 7.05. The van der Waals surface area contributed by atoms with Crippen LogP contribution in [0.2, 0.25) is 5.02 Å². The van der Waals surface area contributed by atoms with Gasteiger partial charge in [-0.15, -0.1) is 0 Å². The van der Waals surface area contributed by atoms with E-state index in [1.807, 2.05) is 47.4 Å². The number of phenols is 1. The summed E-state index contributed by atoms with van der Waals surface area (Å²) in [7, 11) is 0. The van der Waals surface area contributed by atoms with E-state index in [-0.39, 0.29) is 22.8 Å². The number of nitrogens with zero attached hydrogens (tertiary/aromatic N) is 2. The average Bonchev–Trinajstić information content (AvgIpc) is 3.17. The van der Waals surface area contributed by atoms with Crippen molar-refractivity contribution in [2.24, 2.45) is 0 Å². The molecule has 1 saturated heterocycles. The van der Waals surface area contributed by atoms with Crippen molar-refractivity contribution in [3.05, 3.63) is 71.4 Å². The Morgan fingerprint density at radius 1 is 1.07 bits per heavy atom. The van der Waals surface area contributed by atoms with Crippen LogP contribution in [0.4, 0.5) is 18.9 Å². The Balaban J connectivity index is 1.45. The van der Waals surface area contributed by atoms with Gasteiger partial charge in [-0.2, -0.15) is 13.2 Å². The summed E-state index contributed by atoms with van der Waals surface area (Å²) in [6, 6.07) is 16.0. The normalized spacial score (nSPS) is 16.7. The molecule has 4 rings (SSSR count). The minimum atomic E-state index is -4.51. The number of ether oxygens (including phenoxy) is 1. The van der Waals surface area contributed by atoms with E-state index in [4.69, 9.17) is 16.3 Å². The Labute approximate surface area is 176 Å². The molecule has 3 aromatic rings. The molecule has 1 atom stereocenters. The Morgan fingerprint density at radius 2 is 1.83 bits per heavy atom. The lowest BCUT2D eigenvalue weighted by Crippen LogP contribution is -2.25. The zero-order valence-electron chi connectivity index (χ0n) is 15.7. The Kier molecular flexibility index (Phi) is 5.47. The highest BCUT2D eigenvalue weighted by Crippen LogP contribution is 2.36. The van der Waals surface area contributed by atoms with Crippen molar-refractivity contribution in [1.82, 2.24) is 4.98 Å². The summed E-state index contributed by atoms with van der Waals surface area (Å²) in [4.78, 5) is 5.69. The van der Waals surface area contributed by atoms with Gasteiger partial charge in [0.2, 0.25) is 5.88 Å². The Bertz CT molecular complexity index is 1040. The van der Waals surface area contributed by atoms with E-state index in [2.05, 4.69) is 4.98 Å². The number of alkyl halides is 3. The highest BCUT2D eigenvalue weighted by molar-refractivity contribution is 6.31. The van der Waals surface area contributed by atoms with Crippen molar-refractivity contribution in [2.75, 3.05) is 18.0 Å². The molecule has 1 aliphatic rings. The van der Waals surface area contributed by atoms with Crippen molar-refractivity contribution in [2.45, 2.75) is 18.7 Å². The van der Waals surface area contributed by atoms with Gasteiger partial charge in [-0.1, -0.05) is 48.0 Å². The molecule has 0 amide bonds. The number of aromatic nitrogens is 1. The Hall–Kier alpha value is -2.93. The van der Waals surface area contributed by atoms with Crippen LogP contribution in [0.25, 0.3) is 11.1 Å². The summed E-state index contributed by atoms with van der Waals surface area (Å²) < 4.78 is 44.0. The topological polar surface area (TPSA) is 45.6 Å². The average molecular weight is 435 g/mol. The van der Waals surface area contributed by atoms with E-state index >= 15 is 0 Å². The number of halogens is 4. The number of anilines is 1. The van der Waals surface area contributed by atoms with Gasteiger partial charge < -0.3 is 14.7 Å². The molecule has 2 heterocycles. The molecule has 156 valence electrons. The maximum absolute atomic E-state index is 12.7. The molecule has 0 saturated carbocycles. The highest BCUT2D eigenvalue weighted by atomic mass is 35.5. The molecule has 0 spiro atoms. The minimum Gasteiger partial charge on any atom is -0.506 e. The predicted octanol–water partition coefficient (Wildman–Crippen LogP) is 5.78. The molecule has 2 aromatic carbocycles. The molecular formula is C22H18ClF3N2O2. The van der Waals surface area contributed by atoms with Gasteiger partial charge in [0, 0.05) is 19.2 Å².